The van der Waals surface area contributed by atoms with E-state index in [1.165, 1.54) is 19.3 Å². The average molecular weight is 370 g/mol. The van der Waals surface area contributed by atoms with Gasteiger partial charge in [0.25, 0.3) is 0 Å². The lowest BCUT2D eigenvalue weighted by atomic mass is 10.0. The molecule has 2 aromatic heterocycles. The molecule has 7 heteroatoms. The molecule has 0 saturated carbocycles. The minimum atomic E-state index is 0.387. The maximum absolute atomic E-state index is 4.96. The Bertz CT molecular complexity index is 792. The standard InChI is InChI=1S/C20H31N7/c1-14(2)10-17-12-26(13-19-24-23-16(4)27(17)19)18-11-15(3)21-20(22-18)25-8-6-5-7-9-25/h11,14,17H,5-10,12-13H2,1-4H3/t17-/m0/s1. The van der Waals surface area contributed by atoms with Crippen molar-refractivity contribution in [2.45, 2.75) is 66.0 Å². The molecular formula is C20H31N7. The molecule has 0 bridgehead atoms. The molecule has 4 rings (SSSR count). The molecule has 0 spiro atoms. The van der Waals surface area contributed by atoms with Crippen LogP contribution in [0.2, 0.25) is 0 Å². The predicted octanol–water partition coefficient (Wildman–Crippen LogP) is 3.28. The van der Waals surface area contributed by atoms with Crippen molar-refractivity contribution < 1.29 is 0 Å². The van der Waals surface area contributed by atoms with E-state index >= 15 is 0 Å². The van der Waals surface area contributed by atoms with Crippen molar-refractivity contribution in [3.8, 4) is 0 Å². The molecule has 0 N–H and O–H groups in total. The van der Waals surface area contributed by atoms with Gasteiger partial charge in [0.05, 0.1) is 12.6 Å². The third-order valence-corrected chi connectivity index (χ3v) is 5.60. The van der Waals surface area contributed by atoms with E-state index < -0.39 is 0 Å². The summed E-state index contributed by atoms with van der Waals surface area (Å²) >= 11 is 0. The second kappa shape index (κ2) is 7.44. The van der Waals surface area contributed by atoms with E-state index in [-0.39, 0.29) is 0 Å². The number of hydrogen-bond donors (Lipinski definition) is 0. The molecule has 0 amide bonds. The van der Waals surface area contributed by atoms with Crippen LogP contribution in [0.15, 0.2) is 6.07 Å². The number of hydrogen-bond acceptors (Lipinski definition) is 6. The fourth-order valence-corrected chi connectivity index (χ4v) is 4.40. The van der Waals surface area contributed by atoms with Gasteiger partial charge in [0.15, 0.2) is 5.82 Å². The van der Waals surface area contributed by atoms with Gasteiger partial charge in [-0.1, -0.05) is 13.8 Å². The molecule has 0 radical (unpaired) electrons. The van der Waals surface area contributed by atoms with Crippen molar-refractivity contribution in [2.24, 2.45) is 5.92 Å². The van der Waals surface area contributed by atoms with E-state index in [4.69, 9.17) is 9.97 Å². The number of nitrogens with zero attached hydrogens (tertiary/aromatic N) is 7. The summed E-state index contributed by atoms with van der Waals surface area (Å²) in [4.78, 5) is 14.4. The SMILES string of the molecule is Cc1cc(N2Cc3nnc(C)n3[C@@H](CC(C)C)C2)nc(N2CCCCC2)n1. The van der Waals surface area contributed by atoms with Crippen molar-refractivity contribution >= 4 is 11.8 Å². The highest BCUT2D eigenvalue weighted by Crippen LogP contribution is 2.30. The number of fused-ring (bicyclic) bond motifs is 1. The molecule has 7 nitrogen and oxygen atoms in total. The number of anilines is 2. The maximum Gasteiger partial charge on any atom is 0.227 e. The zero-order valence-electron chi connectivity index (χ0n) is 17.0. The highest BCUT2D eigenvalue weighted by atomic mass is 15.4. The zero-order chi connectivity index (χ0) is 19.0. The normalized spacial score (nSPS) is 20.3. The summed E-state index contributed by atoms with van der Waals surface area (Å²) in [6.45, 7) is 12.5. The van der Waals surface area contributed by atoms with Gasteiger partial charge >= 0.3 is 0 Å². The second-order valence-electron chi connectivity index (χ2n) is 8.41. The third-order valence-electron chi connectivity index (χ3n) is 5.60. The van der Waals surface area contributed by atoms with Crippen LogP contribution in [0.3, 0.4) is 0 Å². The first-order chi connectivity index (χ1) is 13.0. The Kier molecular flexibility index (Phi) is 5.02. The van der Waals surface area contributed by atoms with Gasteiger partial charge in [-0.05, 0) is 45.4 Å². The van der Waals surface area contributed by atoms with E-state index in [9.17, 15) is 0 Å². The van der Waals surface area contributed by atoms with Crippen LogP contribution in [-0.2, 0) is 6.54 Å². The van der Waals surface area contributed by atoms with Gasteiger partial charge in [0, 0.05) is 31.4 Å². The summed E-state index contributed by atoms with van der Waals surface area (Å²) in [6, 6.07) is 2.50. The van der Waals surface area contributed by atoms with E-state index in [1.54, 1.807) is 0 Å². The van der Waals surface area contributed by atoms with Crippen LogP contribution < -0.4 is 9.80 Å². The summed E-state index contributed by atoms with van der Waals surface area (Å²) in [5.74, 6) is 4.58. The van der Waals surface area contributed by atoms with Crippen molar-refractivity contribution in [2.75, 3.05) is 29.4 Å². The van der Waals surface area contributed by atoms with Gasteiger partial charge < -0.3 is 14.4 Å². The highest BCUT2D eigenvalue weighted by molar-refractivity contribution is 5.47. The fraction of sp³-hybridized carbons (Fsp3) is 0.700. The number of aromatic nitrogens is 5. The Morgan fingerprint density at radius 1 is 1.04 bits per heavy atom. The summed E-state index contributed by atoms with van der Waals surface area (Å²) < 4.78 is 2.33. The van der Waals surface area contributed by atoms with Crippen molar-refractivity contribution in [3.05, 3.63) is 23.4 Å². The smallest absolute Gasteiger partial charge is 0.227 e. The summed E-state index contributed by atoms with van der Waals surface area (Å²) in [6.07, 6.45) is 4.89. The Morgan fingerprint density at radius 2 is 1.81 bits per heavy atom. The Balaban J connectivity index is 1.64. The van der Waals surface area contributed by atoms with Crippen molar-refractivity contribution in [1.29, 1.82) is 0 Å². The second-order valence-corrected chi connectivity index (χ2v) is 8.41. The fourth-order valence-electron chi connectivity index (χ4n) is 4.40. The molecule has 146 valence electrons. The van der Waals surface area contributed by atoms with Gasteiger partial charge in [-0.2, -0.15) is 4.98 Å². The lowest BCUT2D eigenvalue weighted by Crippen LogP contribution is -2.39. The first-order valence-corrected chi connectivity index (χ1v) is 10.3. The maximum atomic E-state index is 4.96. The van der Waals surface area contributed by atoms with E-state index in [0.717, 1.165) is 61.7 Å². The van der Waals surface area contributed by atoms with Crippen LogP contribution in [0.25, 0.3) is 0 Å². The first-order valence-electron chi connectivity index (χ1n) is 10.3. The molecule has 2 aliphatic rings. The number of piperidine rings is 1. The number of rotatable bonds is 4. The first kappa shape index (κ1) is 18.2. The molecule has 0 aliphatic carbocycles. The molecule has 0 aromatic carbocycles. The third kappa shape index (κ3) is 3.77. The summed E-state index contributed by atoms with van der Waals surface area (Å²) in [5, 5.41) is 8.78. The highest BCUT2D eigenvalue weighted by Gasteiger charge is 2.30. The Labute approximate surface area is 161 Å². The summed E-state index contributed by atoms with van der Waals surface area (Å²) in [5.41, 5.74) is 1.03. The minimum absolute atomic E-state index is 0.387. The van der Waals surface area contributed by atoms with Crippen LogP contribution in [-0.4, -0.2) is 44.4 Å². The quantitative estimate of drug-likeness (QED) is 0.824. The van der Waals surface area contributed by atoms with E-state index in [2.05, 4.69) is 58.3 Å². The Hall–Kier alpha value is -2.18. The van der Waals surface area contributed by atoms with Gasteiger partial charge in [-0.25, -0.2) is 4.98 Å². The van der Waals surface area contributed by atoms with E-state index in [0.29, 0.717) is 12.0 Å². The monoisotopic (exact) mass is 369 g/mol. The lowest BCUT2D eigenvalue weighted by Gasteiger charge is -2.36. The molecule has 27 heavy (non-hydrogen) atoms. The molecule has 1 fully saturated rings. The van der Waals surface area contributed by atoms with Gasteiger partial charge in [0.2, 0.25) is 5.95 Å². The molecule has 2 aromatic rings. The van der Waals surface area contributed by atoms with Crippen LogP contribution >= 0.6 is 0 Å². The number of aryl methyl sites for hydroxylation is 2. The molecule has 4 heterocycles. The lowest BCUT2D eigenvalue weighted by molar-refractivity contribution is 0.356. The van der Waals surface area contributed by atoms with Crippen molar-refractivity contribution in [1.82, 2.24) is 24.7 Å². The van der Waals surface area contributed by atoms with Crippen LogP contribution in [0.1, 0.15) is 62.9 Å². The molecule has 0 unspecified atom stereocenters. The molecule has 2 aliphatic heterocycles. The summed E-state index contributed by atoms with van der Waals surface area (Å²) in [7, 11) is 0. The van der Waals surface area contributed by atoms with Crippen LogP contribution in [0.4, 0.5) is 11.8 Å². The predicted molar refractivity (Wildman–Crippen MR) is 107 cm³/mol. The Morgan fingerprint density at radius 3 is 2.56 bits per heavy atom. The van der Waals surface area contributed by atoms with Crippen molar-refractivity contribution in [3.63, 3.8) is 0 Å². The molecule has 1 atom stereocenters. The zero-order valence-corrected chi connectivity index (χ0v) is 17.0. The van der Waals surface area contributed by atoms with Crippen LogP contribution in [0, 0.1) is 19.8 Å². The van der Waals surface area contributed by atoms with Crippen LogP contribution in [0.5, 0.6) is 0 Å². The molecule has 1 saturated heterocycles. The minimum Gasteiger partial charge on any atom is -0.347 e. The average Bonchev–Trinajstić information content (AvgIpc) is 3.03. The van der Waals surface area contributed by atoms with E-state index in [1.807, 2.05) is 0 Å². The van der Waals surface area contributed by atoms with Gasteiger partial charge in [-0.15, -0.1) is 10.2 Å². The largest absolute Gasteiger partial charge is 0.347 e. The van der Waals surface area contributed by atoms with Gasteiger partial charge in [-0.3, -0.25) is 0 Å². The molecular weight excluding hydrogens is 338 g/mol. The van der Waals surface area contributed by atoms with Gasteiger partial charge in [0.1, 0.15) is 11.6 Å². The topological polar surface area (TPSA) is 63.0 Å².